The summed E-state index contributed by atoms with van der Waals surface area (Å²) in [7, 11) is -4.54. The van der Waals surface area contributed by atoms with Crippen LogP contribution in [0.15, 0.2) is 85.1 Å². The first kappa shape index (κ1) is 52.6. The molecule has 9 nitrogen and oxygen atoms in total. The summed E-state index contributed by atoms with van der Waals surface area (Å²) in [5.74, 6) is -0.415. The molecular formula is C45H77O9P. The quantitative estimate of drug-likeness (QED) is 0.0241. The second-order valence-electron chi connectivity index (χ2n) is 13.6. The van der Waals surface area contributed by atoms with Crippen LogP contribution in [0.1, 0.15) is 149 Å². The Hall–Kier alpha value is -2.36. The van der Waals surface area contributed by atoms with Crippen LogP contribution in [0, 0.1) is 0 Å². The van der Waals surface area contributed by atoms with E-state index in [1.807, 2.05) is 0 Å². The van der Waals surface area contributed by atoms with Crippen molar-refractivity contribution in [3.63, 3.8) is 0 Å². The first-order valence-electron chi connectivity index (χ1n) is 21.1. The molecule has 0 spiro atoms. The molecule has 0 radical (unpaired) electrons. The number of phosphoric ester groups is 1. The van der Waals surface area contributed by atoms with Crippen LogP contribution in [0.2, 0.25) is 0 Å². The lowest BCUT2D eigenvalue weighted by molar-refractivity contribution is -0.154. The highest BCUT2D eigenvalue weighted by Crippen LogP contribution is 2.43. The molecule has 0 saturated carbocycles. The Labute approximate surface area is 335 Å². The van der Waals surface area contributed by atoms with Gasteiger partial charge in [0.15, 0.2) is 0 Å². The summed E-state index contributed by atoms with van der Waals surface area (Å²) in [6.07, 6.45) is 49.8. The monoisotopic (exact) mass is 793 g/mol. The third kappa shape index (κ3) is 41.1. The first-order valence-corrected chi connectivity index (χ1v) is 22.6. The minimum Gasteiger partial charge on any atom is -0.457 e. The van der Waals surface area contributed by atoms with Gasteiger partial charge in [0.25, 0.3) is 0 Å². The van der Waals surface area contributed by atoms with Crippen LogP contribution >= 0.6 is 7.82 Å². The number of rotatable bonds is 39. The maximum Gasteiger partial charge on any atom is 0.472 e. The summed E-state index contributed by atoms with van der Waals surface area (Å²) in [6, 6.07) is 0. The fraction of sp³-hybridized carbons (Fsp3) is 0.667. The molecular weight excluding hydrogens is 715 g/mol. The first-order chi connectivity index (χ1) is 26.8. The molecule has 0 aromatic rings. The molecule has 0 saturated heterocycles. The molecule has 0 aromatic carbocycles. The van der Waals surface area contributed by atoms with E-state index in [9.17, 15) is 19.4 Å². The highest BCUT2D eigenvalue weighted by molar-refractivity contribution is 7.47. The SMILES string of the molecule is CC/C=C\C/C=C\C/C=C\C/C=C\C/C=C\C/C=C\CCCOCC(COP(=O)(O)OCC(O)CO)OC(=O)CCCCCCC/C=C\CCCCCCC. The topological polar surface area (TPSA) is 132 Å². The number of allylic oxidation sites excluding steroid dienone is 14. The Morgan fingerprint density at radius 3 is 1.58 bits per heavy atom. The predicted octanol–water partition coefficient (Wildman–Crippen LogP) is 11.5. The molecule has 0 bridgehead atoms. The molecule has 3 atom stereocenters. The van der Waals surface area contributed by atoms with Crippen molar-refractivity contribution in [3.05, 3.63) is 85.1 Å². The zero-order chi connectivity index (χ0) is 40.3. The predicted molar refractivity (Wildman–Crippen MR) is 228 cm³/mol. The van der Waals surface area contributed by atoms with Crippen molar-refractivity contribution in [2.45, 2.75) is 161 Å². The molecule has 0 rings (SSSR count). The molecule has 3 unspecified atom stereocenters. The zero-order valence-corrected chi connectivity index (χ0v) is 35.3. The van der Waals surface area contributed by atoms with Gasteiger partial charge in [-0.2, -0.15) is 0 Å². The van der Waals surface area contributed by atoms with Crippen LogP contribution in [-0.4, -0.2) is 66.3 Å². The number of unbranched alkanes of at least 4 members (excludes halogenated alkanes) is 11. The summed E-state index contributed by atoms with van der Waals surface area (Å²) in [5.41, 5.74) is 0. The normalized spacial score (nSPS) is 14.9. The number of aliphatic hydroxyl groups is 2. The maximum absolute atomic E-state index is 12.6. The van der Waals surface area contributed by atoms with Gasteiger partial charge in [-0.15, -0.1) is 0 Å². The van der Waals surface area contributed by atoms with Crippen molar-refractivity contribution < 1.29 is 43.0 Å². The summed E-state index contributed by atoms with van der Waals surface area (Å²) in [6.45, 7) is 3.20. The van der Waals surface area contributed by atoms with Crippen LogP contribution in [0.25, 0.3) is 0 Å². The van der Waals surface area contributed by atoms with E-state index in [4.69, 9.17) is 23.6 Å². The fourth-order valence-electron chi connectivity index (χ4n) is 5.13. The largest absolute Gasteiger partial charge is 0.472 e. The third-order valence-corrected chi connectivity index (χ3v) is 9.27. The number of hydrogen-bond acceptors (Lipinski definition) is 8. The Bertz CT molecular complexity index is 1130. The molecule has 55 heavy (non-hydrogen) atoms. The van der Waals surface area contributed by atoms with Crippen LogP contribution in [0.3, 0.4) is 0 Å². The van der Waals surface area contributed by atoms with Gasteiger partial charge in [-0.1, -0.05) is 144 Å². The lowest BCUT2D eigenvalue weighted by Gasteiger charge is -2.20. The van der Waals surface area contributed by atoms with Crippen molar-refractivity contribution in [2.24, 2.45) is 0 Å². The fourth-order valence-corrected chi connectivity index (χ4v) is 5.92. The van der Waals surface area contributed by atoms with Crippen LogP contribution in [0.4, 0.5) is 0 Å². The Morgan fingerprint density at radius 2 is 1.04 bits per heavy atom. The Balaban J connectivity index is 4.33. The van der Waals surface area contributed by atoms with E-state index in [0.29, 0.717) is 13.0 Å². The number of esters is 1. The molecule has 0 amide bonds. The van der Waals surface area contributed by atoms with E-state index in [0.717, 1.165) is 83.5 Å². The van der Waals surface area contributed by atoms with Gasteiger partial charge in [-0.05, 0) is 83.5 Å². The zero-order valence-electron chi connectivity index (χ0n) is 34.4. The van der Waals surface area contributed by atoms with Crippen LogP contribution < -0.4 is 0 Å². The van der Waals surface area contributed by atoms with Gasteiger partial charge in [0.1, 0.15) is 12.2 Å². The standard InChI is InChI=1S/C45H77O9P/c1-3-5-7-9-11-13-15-17-19-20-21-22-23-24-26-28-30-32-34-36-38-51-41-44(42-53-55(49,50)52-40-43(47)39-46)54-45(48)37-35-33-31-29-27-25-18-16-14-12-10-8-6-4-2/h5,7,11,13,16-19,21-22,24,26,30,32,43-44,46-47H,3-4,6,8-10,12,14-15,20,23,25,27-29,31,33-42H2,1-2H3,(H,49,50)/b7-5-,13-11-,18-16-,19-17-,22-21-,26-24-,32-30-. The second-order valence-corrected chi connectivity index (χ2v) is 15.1. The molecule has 10 heteroatoms. The van der Waals surface area contributed by atoms with Gasteiger partial charge in [-0.25, -0.2) is 4.57 Å². The van der Waals surface area contributed by atoms with E-state index in [2.05, 4.69) is 98.9 Å². The third-order valence-electron chi connectivity index (χ3n) is 8.31. The average molecular weight is 793 g/mol. The smallest absolute Gasteiger partial charge is 0.457 e. The number of carbonyl (C=O) groups is 1. The van der Waals surface area contributed by atoms with Gasteiger partial charge < -0.3 is 24.6 Å². The number of hydrogen-bond donors (Lipinski definition) is 3. The van der Waals surface area contributed by atoms with Crippen molar-refractivity contribution in [1.82, 2.24) is 0 Å². The molecule has 0 fully saturated rings. The average Bonchev–Trinajstić information content (AvgIpc) is 3.18. The van der Waals surface area contributed by atoms with Crippen molar-refractivity contribution in [3.8, 4) is 0 Å². The number of aliphatic hydroxyl groups excluding tert-OH is 2. The minimum atomic E-state index is -4.54. The Kier molecular flexibility index (Phi) is 39.5. The molecule has 0 aliphatic heterocycles. The van der Waals surface area contributed by atoms with Crippen molar-refractivity contribution >= 4 is 13.8 Å². The highest BCUT2D eigenvalue weighted by Gasteiger charge is 2.26. The van der Waals surface area contributed by atoms with Crippen molar-refractivity contribution in [1.29, 1.82) is 0 Å². The number of phosphoric acid groups is 1. The van der Waals surface area contributed by atoms with E-state index in [-0.39, 0.29) is 13.0 Å². The lowest BCUT2D eigenvalue weighted by Crippen LogP contribution is -2.29. The highest BCUT2D eigenvalue weighted by atomic mass is 31.2. The summed E-state index contributed by atoms with van der Waals surface area (Å²) in [5, 5.41) is 18.3. The van der Waals surface area contributed by atoms with E-state index in [1.54, 1.807) is 0 Å². The van der Waals surface area contributed by atoms with Crippen molar-refractivity contribution in [2.75, 3.05) is 33.0 Å². The van der Waals surface area contributed by atoms with Crippen LogP contribution in [-0.2, 0) is 27.9 Å². The molecule has 316 valence electrons. The van der Waals surface area contributed by atoms with Gasteiger partial charge in [0.05, 0.1) is 26.4 Å². The molecule has 0 aliphatic carbocycles. The Morgan fingerprint density at radius 1 is 0.582 bits per heavy atom. The molecule has 0 heterocycles. The lowest BCUT2D eigenvalue weighted by atomic mass is 10.1. The van der Waals surface area contributed by atoms with Gasteiger partial charge in [0.2, 0.25) is 0 Å². The minimum absolute atomic E-state index is 0.00100. The molecule has 3 N–H and O–H groups in total. The van der Waals surface area contributed by atoms with Gasteiger partial charge >= 0.3 is 13.8 Å². The van der Waals surface area contributed by atoms with Crippen LogP contribution in [0.5, 0.6) is 0 Å². The maximum atomic E-state index is 12.6. The summed E-state index contributed by atoms with van der Waals surface area (Å²) >= 11 is 0. The number of carbonyl (C=O) groups excluding carboxylic acids is 1. The number of ether oxygens (including phenoxy) is 2. The summed E-state index contributed by atoms with van der Waals surface area (Å²) in [4.78, 5) is 22.5. The van der Waals surface area contributed by atoms with Gasteiger partial charge in [-0.3, -0.25) is 13.8 Å². The molecule has 0 aromatic heterocycles. The van der Waals surface area contributed by atoms with Gasteiger partial charge in [0, 0.05) is 13.0 Å². The van der Waals surface area contributed by atoms with E-state index in [1.165, 1.54) is 38.5 Å². The van der Waals surface area contributed by atoms with E-state index >= 15 is 0 Å². The summed E-state index contributed by atoms with van der Waals surface area (Å²) < 4.78 is 33.2. The molecule has 0 aliphatic rings. The van der Waals surface area contributed by atoms with E-state index < -0.39 is 45.8 Å². The second kappa shape index (κ2) is 41.3.